The number of ether oxygens (including phenoxy) is 1. The summed E-state index contributed by atoms with van der Waals surface area (Å²) in [5, 5.41) is 10.2. The summed E-state index contributed by atoms with van der Waals surface area (Å²) in [5.41, 5.74) is -0.188. The van der Waals surface area contributed by atoms with Crippen molar-refractivity contribution in [2.24, 2.45) is 23.2 Å². The highest BCUT2D eigenvalue weighted by Crippen LogP contribution is 2.60. The van der Waals surface area contributed by atoms with Gasteiger partial charge in [0.05, 0.1) is 18.5 Å². The number of aliphatic hydroxyl groups excluding tert-OH is 1. The lowest BCUT2D eigenvalue weighted by molar-refractivity contribution is -0.908. The van der Waals surface area contributed by atoms with Crippen LogP contribution in [0.1, 0.15) is 57.8 Å². The monoisotopic (exact) mass is 322 g/mol. The molecule has 4 nitrogen and oxygen atoms in total. The summed E-state index contributed by atoms with van der Waals surface area (Å²) in [5.74, 6) is 2.29. The molecule has 2 N–H and O–H groups in total. The Hall–Kier alpha value is -0.610. The Bertz CT molecular complexity index is 409. The van der Waals surface area contributed by atoms with Crippen LogP contribution in [-0.4, -0.2) is 43.4 Å². The molecule has 0 aromatic carbocycles. The molecule has 4 aliphatic carbocycles. The van der Waals surface area contributed by atoms with Crippen LogP contribution in [0.3, 0.4) is 0 Å². The number of esters is 1. The van der Waals surface area contributed by atoms with Gasteiger partial charge in [0.25, 0.3) is 0 Å². The molecule has 4 heteroatoms. The second kappa shape index (κ2) is 6.36. The molecule has 23 heavy (non-hydrogen) atoms. The van der Waals surface area contributed by atoms with Crippen molar-refractivity contribution in [1.29, 1.82) is 0 Å². The van der Waals surface area contributed by atoms with Crippen molar-refractivity contribution in [3.63, 3.8) is 0 Å². The van der Waals surface area contributed by atoms with Crippen molar-refractivity contribution in [2.45, 2.75) is 63.9 Å². The molecule has 0 aromatic rings. The van der Waals surface area contributed by atoms with Crippen molar-refractivity contribution in [1.82, 2.24) is 0 Å². The molecule has 0 amide bonds. The van der Waals surface area contributed by atoms with Gasteiger partial charge in [0.1, 0.15) is 19.3 Å². The minimum atomic E-state index is -0.499. The van der Waals surface area contributed by atoms with E-state index in [2.05, 4.69) is 0 Å². The third-order valence-corrected chi connectivity index (χ3v) is 6.96. The minimum Gasteiger partial charge on any atom is -0.462 e. The molecule has 1 atom stereocenters. The van der Waals surface area contributed by atoms with Crippen molar-refractivity contribution in [3.05, 3.63) is 0 Å². The van der Waals surface area contributed by atoms with E-state index in [-0.39, 0.29) is 18.0 Å². The highest BCUT2D eigenvalue weighted by molar-refractivity contribution is 5.77. The van der Waals surface area contributed by atoms with Crippen LogP contribution in [0.2, 0.25) is 0 Å². The van der Waals surface area contributed by atoms with Gasteiger partial charge in [0.2, 0.25) is 0 Å². The van der Waals surface area contributed by atoms with Crippen LogP contribution in [0.5, 0.6) is 0 Å². The van der Waals surface area contributed by atoms with Gasteiger partial charge in [-0.05, 0) is 75.5 Å². The Morgan fingerprint density at radius 2 is 1.61 bits per heavy atom. The van der Waals surface area contributed by atoms with E-state index in [1.165, 1.54) is 43.4 Å². The van der Waals surface area contributed by atoms with Gasteiger partial charge in [-0.3, -0.25) is 4.79 Å². The predicted molar refractivity (Wildman–Crippen MR) is 87.0 cm³/mol. The van der Waals surface area contributed by atoms with Gasteiger partial charge >= 0.3 is 5.97 Å². The number of quaternary nitrogens is 1. The second-order valence-corrected chi connectivity index (χ2v) is 8.96. The Kier molecular flexibility index (Phi) is 4.39. The standard InChI is InChI=1S/C19H31NO3/c21-17(12-20-4-2-1-3-5-20)13-23-18(22)19-9-14-6-15(10-19)8-16(7-14)11-19/h14-17,21H,1-13H2/p+1/t14?,15?,16?,17-,19?/m1/s1. The number of rotatable bonds is 5. The summed E-state index contributed by atoms with van der Waals surface area (Å²) in [4.78, 5) is 14.2. The fraction of sp³-hybridized carbons (Fsp3) is 0.947. The topological polar surface area (TPSA) is 51.0 Å². The Labute approximate surface area is 139 Å². The fourth-order valence-corrected chi connectivity index (χ4v) is 6.33. The van der Waals surface area contributed by atoms with Crippen LogP contribution in [0, 0.1) is 23.2 Å². The molecule has 5 fully saturated rings. The lowest BCUT2D eigenvalue weighted by atomic mass is 9.49. The largest absolute Gasteiger partial charge is 0.462 e. The number of likely N-dealkylation sites (tertiary alicyclic amines) is 1. The molecule has 0 unspecified atom stereocenters. The van der Waals surface area contributed by atoms with E-state index >= 15 is 0 Å². The van der Waals surface area contributed by atoms with Gasteiger partial charge in [-0.25, -0.2) is 0 Å². The molecule has 1 heterocycles. The summed E-state index contributed by atoms with van der Waals surface area (Å²) >= 11 is 0. The average Bonchev–Trinajstić information content (AvgIpc) is 2.52. The maximum atomic E-state index is 12.8. The van der Waals surface area contributed by atoms with E-state index in [4.69, 9.17) is 4.74 Å². The molecular weight excluding hydrogens is 290 g/mol. The molecule has 4 bridgehead atoms. The summed E-state index contributed by atoms with van der Waals surface area (Å²) in [6.45, 7) is 3.23. The quantitative estimate of drug-likeness (QED) is 0.747. The second-order valence-electron chi connectivity index (χ2n) is 8.96. The van der Waals surface area contributed by atoms with E-state index in [1.807, 2.05) is 0 Å². The third kappa shape index (κ3) is 3.30. The molecule has 130 valence electrons. The maximum Gasteiger partial charge on any atom is 0.312 e. The minimum absolute atomic E-state index is 0.00398. The first-order chi connectivity index (χ1) is 11.1. The van der Waals surface area contributed by atoms with E-state index in [0.29, 0.717) is 0 Å². The molecule has 0 aromatic heterocycles. The fourth-order valence-electron chi connectivity index (χ4n) is 6.33. The van der Waals surface area contributed by atoms with Crippen molar-refractivity contribution in [3.8, 4) is 0 Å². The van der Waals surface area contributed by atoms with Crippen molar-refractivity contribution in [2.75, 3.05) is 26.2 Å². The zero-order chi connectivity index (χ0) is 15.9. The number of nitrogens with one attached hydrogen (secondary N) is 1. The number of hydrogen-bond donors (Lipinski definition) is 2. The summed E-state index contributed by atoms with van der Waals surface area (Å²) in [6, 6.07) is 0. The van der Waals surface area contributed by atoms with E-state index < -0.39 is 6.10 Å². The first-order valence-corrected chi connectivity index (χ1v) is 9.82. The zero-order valence-corrected chi connectivity index (χ0v) is 14.3. The summed E-state index contributed by atoms with van der Waals surface area (Å²) in [6.07, 6.45) is 10.5. The maximum absolute atomic E-state index is 12.8. The normalized spacial score (nSPS) is 41.0. The number of aliphatic hydroxyl groups is 1. The lowest BCUT2D eigenvalue weighted by Crippen LogP contribution is -3.14. The van der Waals surface area contributed by atoms with Gasteiger partial charge in [-0.2, -0.15) is 0 Å². The number of piperidine rings is 1. The van der Waals surface area contributed by atoms with Gasteiger partial charge in [-0.15, -0.1) is 0 Å². The summed E-state index contributed by atoms with van der Waals surface area (Å²) in [7, 11) is 0. The highest BCUT2D eigenvalue weighted by atomic mass is 16.5. The van der Waals surface area contributed by atoms with E-state index in [1.54, 1.807) is 0 Å². The Balaban J connectivity index is 1.28. The van der Waals surface area contributed by atoms with Crippen LogP contribution < -0.4 is 4.90 Å². The third-order valence-electron chi connectivity index (χ3n) is 6.96. The van der Waals surface area contributed by atoms with Crippen LogP contribution in [0.25, 0.3) is 0 Å². The molecule has 0 spiro atoms. The van der Waals surface area contributed by atoms with E-state index in [9.17, 15) is 9.90 Å². The molecule has 1 aliphatic heterocycles. The lowest BCUT2D eigenvalue weighted by Gasteiger charge is -2.55. The van der Waals surface area contributed by atoms with E-state index in [0.717, 1.165) is 56.7 Å². The van der Waals surface area contributed by atoms with Gasteiger partial charge in [0, 0.05) is 0 Å². The molecule has 5 aliphatic rings. The number of hydrogen-bond acceptors (Lipinski definition) is 3. The van der Waals surface area contributed by atoms with Gasteiger partial charge in [-0.1, -0.05) is 0 Å². The Morgan fingerprint density at radius 1 is 1.04 bits per heavy atom. The Morgan fingerprint density at radius 3 is 2.17 bits per heavy atom. The van der Waals surface area contributed by atoms with Crippen molar-refractivity contribution >= 4 is 5.97 Å². The SMILES string of the molecule is O=C(OC[C@H](O)C[NH+]1CCCCC1)C12CC3CC(CC(C3)C1)C2. The van der Waals surface area contributed by atoms with Gasteiger partial charge < -0.3 is 14.7 Å². The number of carbonyl (C=O) groups is 1. The molecule has 1 saturated heterocycles. The van der Waals surface area contributed by atoms with Gasteiger partial charge in [0.15, 0.2) is 0 Å². The van der Waals surface area contributed by atoms with Crippen LogP contribution >= 0.6 is 0 Å². The van der Waals surface area contributed by atoms with Crippen LogP contribution in [-0.2, 0) is 9.53 Å². The molecule has 4 saturated carbocycles. The molecule has 5 rings (SSSR count). The molecule has 0 radical (unpaired) electrons. The summed E-state index contributed by atoms with van der Waals surface area (Å²) < 4.78 is 5.63. The molecular formula is C19H32NO3+. The smallest absolute Gasteiger partial charge is 0.312 e. The van der Waals surface area contributed by atoms with Crippen LogP contribution in [0.15, 0.2) is 0 Å². The highest BCUT2D eigenvalue weighted by Gasteiger charge is 2.55. The average molecular weight is 322 g/mol. The number of carbonyl (C=O) groups excluding carboxylic acids is 1. The van der Waals surface area contributed by atoms with Crippen LogP contribution in [0.4, 0.5) is 0 Å². The predicted octanol–water partition coefficient (Wildman–Crippen LogP) is 1.18. The first-order valence-electron chi connectivity index (χ1n) is 9.82. The zero-order valence-electron chi connectivity index (χ0n) is 14.3. The first kappa shape index (κ1) is 15.9. The van der Waals surface area contributed by atoms with Crippen molar-refractivity contribution < 1.29 is 19.5 Å².